The largest absolute Gasteiger partial charge is 0.370 e. The number of nitrogens with one attached hydrogen (secondary N) is 1. The number of hydrogen-bond acceptors (Lipinski definition) is 2. The van der Waals surface area contributed by atoms with Crippen molar-refractivity contribution >= 4 is 17.3 Å². The summed E-state index contributed by atoms with van der Waals surface area (Å²) >= 11 is 5.73. The summed E-state index contributed by atoms with van der Waals surface area (Å²) in [7, 11) is 0. The van der Waals surface area contributed by atoms with E-state index in [2.05, 4.69) is 5.32 Å². The molecule has 1 heterocycles. The molecule has 26 heavy (non-hydrogen) atoms. The Hall–Kier alpha value is -1.20. The summed E-state index contributed by atoms with van der Waals surface area (Å²) in [5.41, 5.74) is -0.244. The van der Waals surface area contributed by atoms with Gasteiger partial charge in [-0.1, -0.05) is 43.9 Å². The first-order valence-corrected chi connectivity index (χ1v) is 10.5. The molecule has 1 aromatic carbocycles. The van der Waals surface area contributed by atoms with Gasteiger partial charge >= 0.3 is 0 Å². The van der Waals surface area contributed by atoms with Crippen LogP contribution in [0.2, 0.25) is 0 Å². The first-order chi connectivity index (χ1) is 12.6. The highest BCUT2D eigenvalue weighted by atomic mass is 32.1. The molecule has 2 atom stereocenters. The number of rotatable bonds is 3. The lowest BCUT2D eigenvalue weighted by Crippen LogP contribution is -2.75. The van der Waals surface area contributed by atoms with Gasteiger partial charge in [-0.15, -0.1) is 0 Å². The van der Waals surface area contributed by atoms with E-state index in [1.807, 2.05) is 17.0 Å². The average Bonchev–Trinajstić information content (AvgIpc) is 2.63. The van der Waals surface area contributed by atoms with E-state index in [1.54, 1.807) is 6.07 Å². The Morgan fingerprint density at radius 1 is 1.12 bits per heavy atom. The van der Waals surface area contributed by atoms with Gasteiger partial charge in [-0.05, 0) is 62.4 Å². The molecular weight excluding hydrogens is 347 g/mol. The molecule has 0 unspecified atom stereocenters. The van der Waals surface area contributed by atoms with Crippen LogP contribution in [0.15, 0.2) is 24.3 Å². The number of nitrogens with zero attached hydrogens (tertiary/aromatic N) is 1. The number of benzene rings is 1. The van der Waals surface area contributed by atoms with Crippen molar-refractivity contribution < 1.29 is 9.50 Å². The van der Waals surface area contributed by atoms with Crippen LogP contribution in [0.5, 0.6) is 0 Å². The minimum atomic E-state index is -0.886. The van der Waals surface area contributed by atoms with E-state index in [1.165, 1.54) is 31.7 Å². The predicted octanol–water partition coefficient (Wildman–Crippen LogP) is 4.14. The second-order valence-electron chi connectivity index (χ2n) is 8.32. The van der Waals surface area contributed by atoms with Crippen LogP contribution in [0.1, 0.15) is 63.4 Å². The second-order valence-corrected chi connectivity index (χ2v) is 8.70. The predicted molar refractivity (Wildman–Crippen MR) is 105 cm³/mol. The van der Waals surface area contributed by atoms with Crippen LogP contribution >= 0.6 is 12.2 Å². The molecule has 0 amide bonds. The molecule has 1 spiro atoms. The maximum Gasteiger partial charge on any atom is 0.171 e. The highest BCUT2D eigenvalue weighted by Gasteiger charge is 2.58. The van der Waals surface area contributed by atoms with Crippen LogP contribution in [0.4, 0.5) is 4.39 Å². The summed E-state index contributed by atoms with van der Waals surface area (Å²) in [6, 6.07) is 6.89. The quantitative estimate of drug-likeness (QED) is 0.777. The smallest absolute Gasteiger partial charge is 0.171 e. The summed E-state index contributed by atoms with van der Waals surface area (Å²) in [6.45, 7) is 0.551. The Bertz CT molecular complexity index is 676. The number of halogens is 1. The van der Waals surface area contributed by atoms with Gasteiger partial charge in [0.05, 0.1) is 0 Å². The lowest BCUT2D eigenvalue weighted by molar-refractivity contribution is -0.181. The maximum absolute atomic E-state index is 14.0. The van der Waals surface area contributed by atoms with Crippen molar-refractivity contribution in [3.05, 3.63) is 35.6 Å². The normalized spacial score (nSPS) is 30.8. The standard InChI is InChI=1S/C21H29FN2OS/c22-17-9-3-2-8-16(17)11-15-24-19(26)23-20(12-5-1-6-13-20)18-10-4-7-14-21(18,24)25/h2-3,8-9,18,25H,1,4-7,10-15H2,(H,23,26)/t18-,21+/m1/s1. The van der Waals surface area contributed by atoms with E-state index in [0.717, 1.165) is 32.1 Å². The van der Waals surface area contributed by atoms with Gasteiger partial charge < -0.3 is 15.3 Å². The molecule has 2 saturated carbocycles. The van der Waals surface area contributed by atoms with Crippen molar-refractivity contribution in [1.82, 2.24) is 10.2 Å². The van der Waals surface area contributed by atoms with Crippen LogP contribution in [-0.2, 0) is 6.42 Å². The van der Waals surface area contributed by atoms with Gasteiger partial charge in [-0.25, -0.2) is 4.39 Å². The van der Waals surface area contributed by atoms with Crippen LogP contribution < -0.4 is 5.32 Å². The zero-order valence-corrected chi connectivity index (χ0v) is 16.2. The third-order valence-electron chi connectivity index (χ3n) is 6.89. The Balaban J connectivity index is 1.59. The maximum atomic E-state index is 14.0. The summed E-state index contributed by atoms with van der Waals surface area (Å²) in [4.78, 5) is 1.97. The van der Waals surface area contributed by atoms with E-state index in [-0.39, 0.29) is 17.3 Å². The van der Waals surface area contributed by atoms with Crippen LogP contribution in [0, 0.1) is 11.7 Å². The molecule has 5 heteroatoms. The van der Waals surface area contributed by atoms with E-state index in [0.29, 0.717) is 23.6 Å². The molecule has 4 rings (SSSR count). The molecule has 2 N–H and O–H groups in total. The number of fused-ring (bicyclic) bond motifs is 2. The fraction of sp³-hybridized carbons (Fsp3) is 0.667. The lowest BCUT2D eigenvalue weighted by atomic mass is 9.62. The minimum Gasteiger partial charge on any atom is -0.370 e. The molecule has 0 radical (unpaired) electrons. The Morgan fingerprint density at radius 3 is 2.62 bits per heavy atom. The number of aliphatic hydroxyl groups is 1. The SMILES string of the molecule is O[C@@]12CCCC[C@@H]1C1(CCCCC1)NC(=S)N2CCc1ccccc1F. The first-order valence-electron chi connectivity index (χ1n) is 10.1. The number of hydrogen-bond donors (Lipinski definition) is 2. The van der Waals surface area contributed by atoms with Crippen molar-refractivity contribution in [3.8, 4) is 0 Å². The topological polar surface area (TPSA) is 35.5 Å². The van der Waals surface area contributed by atoms with Crippen molar-refractivity contribution in [2.24, 2.45) is 5.92 Å². The van der Waals surface area contributed by atoms with Crippen molar-refractivity contribution in [3.63, 3.8) is 0 Å². The molecule has 2 aliphatic carbocycles. The van der Waals surface area contributed by atoms with E-state index in [4.69, 9.17) is 12.2 Å². The van der Waals surface area contributed by atoms with Crippen molar-refractivity contribution in [2.45, 2.75) is 75.5 Å². The highest BCUT2D eigenvalue weighted by molar-refractivity contribution is 7.80. The Morgan fingerprint density at radius 2 is 1.85 bits per heavy atom. The molecule has 0 aromatic heterocycles. The average molecular weight is 377 g/mol. The van der Waals surface area contributed by atoms with E-state index >= 15 is 0 Å². The third-order valence-corrected chi connectivity index (χ3v) is 7.21. The molecule has 0 bridgehead atoms. The van der Waals surface area contributed by atoms with Crippen molar-refractivity contribution in [2.75, 3.05) is 6.54 Å². The van der Waals surface area contributed by atoms with Gasteiger partial charge in [0.1, 0.15) is 11.5 Å². The van der Waals surface area contributed by atoms with E-state index in [9.17, 15) is 9.50 Å². The highest BCUT2D eigenvalue weighted by Crippen LogP contribution is 2.50. The molecule has 1 aromatic rings. The molecule has 1 saturated heterocycles. The Labute approximate surface area is 161 Å². The first kappa shape index (κ1) is 18.2. The van der Waals surface area contributed by atoms with Gasteiger partial charge in [0, 0.05) is 18.0 Å². The van der Waals surface area contributed by atoms with Crippen LogP contribution in [0.25, 0.3) is 0 Å². The summed E-state index contributed by atoms with van der Waals surface area (Å²) in [5.74, 6) is 0.0238. The van der Waals surface area contributed by atoms with Gasteiger partial charge in [0.2, 0.25) is 0 Å². The molecular formula is C21H29FN2OS. The fourth-order valence-electron chi connectivity index (χ4n) is 5.61. The summed E-state index contributed by atoms with van der Waals surface area (Å²) in [6.07, 6.45) is 10.4. The zero-order valence-electron chi connectivity index (χ0n) is 15.3. The number of thiocarbonyl (C=S) groups is 1. The fourth-order valence-corrected chi connectivity index (χ4v) is 6.06. The van der Waals surface area contributed by atoms with Gasteiger partial charge in [0.25, 0.3) is 0 Å². The second kappa shape index (κ2) is 7.08. The Kier molecular flexibility index (Phi) is 4.95. The monoisotopic (exact) mass is 376 g/mol. The van der Waals surface area contributed by atoms with Crippen molar-refractivity contribution in [1.29, 1.82) is 0 Å². The van der Waals surface area contributed by atoms with Gasteiger partial charge in [-0.3, -0.25) is 0 Å². The molecule has 142 valence electrons. The molecule has 3 nitrogen and oxygen atoms in total. The van der Waals surface area contributed by atoms with Gasteiger partial charge in [-0.2, -0.15) is 0 Å². The summed E-state index contributed by atoms with van der Waals surface area (Å²) < 4.78 is 14.0. The summed E-state index contributed by atoms with van der Waals surface area (Å²) in [5, 5.41) is 16.1. The van der Waals surface area contributed by atoms with Gasteiger partial charge in [0.15, 0.2) is 5.11 Å². The van der Waals surface area contributed by atoms with Crippen LogP contribution in [-0.4, -0.2) is 32.9 Å². The molecule has 1 aliphatic heterocycles. The molecule has 3 fully saturated rings. The third kappa shape index (κ3) is 3.03. The minimum absolute atomic E-state index is 0.0427. The lowest BCUT2D eigenvalue weighted by Gasteiger charge is -2.61. The molecule has 3 aliphatic rings. The zero-order chi connectivity index (χ0) is 18.2. The van der Waals surface area contributed by atoms with E-state index < -0.39 is 5.72 Å². The van der Waals surface area contributed by atoms with Crippen LogP contribution in [0.3, 0.4) is 0 Å².